The van der Waals surface area contributed by atoms with E-state index in [4.69, 9.17) is 14.2 Å². The van der Waals surface area contributed by atoms with Gasteiger partial charge in [0.05, 0.1) is 13.2 Å². The number of benzene rings is 2. The number of nitrogens with one attached hydrogen (secondary N) is 2. The minimum Gasteiger partial charge on any atom is -0.494 e. The van der Waals surface area contributed by atoms with Gasteiger partial charge >= 0.3 is 5.97 Å². The minimum atomic E-state index is -0.644. The van der Waals surface area contributed by atoms with E-state index >= 15 is 0 Å². The standard InChI is InChI=1S/C23H25N3O5S/c1-2-29-18-8-10-19(11-9-18)30-13-12-24-21(27)15-31-22(28)20-16-32-23(26-20)25-14-17-6-4-3-5-7-17/h3-11,16H,2,12-15H2,1H3,(H,24,27)(H,25,26). The molecule has 0 aliphatic rings. The zero-order valence-electron chi connectivity index (χ0n) is 17.7. The number of rotatable bonds is 12. The SMILES string of the molecule is CCOc1ccc(OCCNC(=O)COC(=O)c2csc(NCc3ccccc3)n2)cc1. The summed E-state index contributed by atoms with van der Waals surface area (Å²) < 4.78 is 15.9. The molecular weight excluding hydrogens is 430 g/mol. The quantitative estimate of drug-likeness (QED) is 0.319. The van der Waals surface area contributed by atoms with E-state index in [2.05, 4.69) is 15.6 Å². The van der Waals surface area contributed by atoms with Gasteiger partial charge in [0.2, 0.25) is 0 Å². The number of carbonyl (C=O) groups excluding carboxylic acids is 2. The Morgan fingerprint density at radius 3 is 2.44 bits per heavy atom. The van der Waals surface area contributed by atoms with Crippen LogP contribution in [0.5, 0.6) is 11.5 Å². The first-order valence-corrected chi connectivity index (χ1v) is 11.0. The molecule has 3 rings (SSSR count). The second kappa shape index (κ2) is 12.3. The summed E-state index contributed by atoms with van der Waals surface area (Å²) in [5.74, 6) is 0.393. The van der Waals surface area contributed by atoms with Crippen LogP contribution in [0.15, 0.2) is 60.0 Å². The maximum atomic E-state index is 12.1. The molecule has 1 amide bonds. The molecule has 2 aromatic carbocycles. The molecule has 32 heavy (non-hydrogen) atoms. The van der Waals surface area contributed by atoms with Gasteiger partial charge < -0.3 is 24.8 Å². The molecule has 1 aromatic heterocycles. The van der Waals surface area contributed by atoms with Crippen LogP contribution >= 0.6 is 11.3 Å². The summed E-state index contributed by atoms with van der Waals surface area (Å²) >= 11 is 1.30. The third kappa shape index (κ3) is 7.59. The normalized spacial score (nSPS) is 10.3. The second-order valence-corrected chi connectivity index (χ2v) is 7.41. The lowest BCUT2D eigenvalue weighted by molar-refractivity contribution is -0.124. The van der Waals surface area contributed by atoms with Gasteiger partial charge in [-0.2, -0.15) is 0 Å². The maximum Gasteiger partial charge on any atom is 0.358 e. The molecule has 0 aliphatic carbocycles. The lowest BCUT2D eigenvalue weighted by Gasteiger charge is -2.09. The van der Waals surface area contributed by atoms with Gasteiger partial charge in [-0.3, -0.25) is 4.79 Å². The number of ether oxygens (including phenoxy) is 3. The van der Waals surface area contributed by atoms with Gasteiger partial charge in [0.25, 0.3) is 5.91 Å². The van der Waals surface area contributed by atoms with E-state index in [1.165, 1.54) is 11.3 Å². The fourth-order valence-corrected chi connectivity index (χ4v) is 3.32. The van der Waals surface area contributed by atoms with Gasteiger partial charge in [-0.05, 0) is 36.8 Å². The molecule has 0 bridgehead atoms. The average molecular weight is 456 g/mol. The van der Waals surface area contributed by atoms with Crippen LogP contribution in [0.2, 0.25) is 0 Å². The Kier molecular flexibility index (Phi) is 8.88. The van der Waals surface area contributed by atoms with E-state index in [0.717, 1.165) is 11.3 Å². The first kappa shape index (κ1) is 23.1. The van der Waals surface area contributed by atoms with E-state index in [1.54, 1.807) is 17.5 Å². The zero-order chi connectivity index (χ0) is 22.6. The largest absolute Gasteiger partial charge is 0.494 e. The summed E-state index contributed by atoms with van der Waals surface area (Å²) in [6, 6.07) is 17.1. The van der Waals surface area contributed by atoms with Crippen molar-refractivity contribution in [2.75, 3.05) is 31.7 Å². The topological polar surface area (TPSA) is 98.8 Å². The van der Waals surface area contributed by atoms with Crippen LogP contribution < -0.4 is 20.1 Å². The van der Waals surface area contributed by atoms with Crippen molar-refractivity contribution < 1.29 is 23.8 Å². The predicted molar refractivity (Wildman–Crippen MR) is 122 cm³/mol. The highest BCUT2D eigenvalue weighted by Crippen LogP contribution is 2.18. The Balaban J connectivity index is 1.31. The number of hydrogen-bond donors (Lipinski definition) is 2. The zero-order valence-corrected chi connectivity index (χ0v) is 18.5. The Bertz CT molecular complexity index is 992. The summed E-state index contributed by atoms with van der Waals surface area (Å²) in [5.41, 5.74) is 1.27. The molecule has 168 valence electrons. The van der Waals surface area contributed by atoms with E-state index < -0.39 is 11.9 Å². The van der Waals surface area contributed by atoms with Crippen LogP contribution in [0.1, 0.15) is 23.0 Å². The average Bonchev–Trinajstić information content (AvgIpc) is 3.30. The number of hydrogen-bond acceptors (Lipinski definition) is 8. The van der Waals surface area contributed by atoms with E-state index in [-0.39, 0.29) is 25.5 Å². The number of thiazole rings is 1. The molecular formula is C23H25N3O5S. The highest BCUT2D eigenvalue weighted by atomic mass is 32.1. The smallest absolute Gasteiger partial charge is 0.358 e. The van der Waals surface area contributed by atoms with Gasteiger partial charge in [-0.15, -0.1) is 11.3 Å². The summed E-state index contributed by atoms with van der Waals surface area (Å²) in [7, 11) is 0. The fraction of sp³-hybridized carbons (Fsp3) is 0.261. The number of esters is 1. The van der Waals surface area contributed by atoms with Gasteiger partial charge in [0.1, 0.15) is 18.1 Å². The van der Waals surface area contributed by atoms with Crippen LogP contribution in [0.3, 0.4) is 0 Å². The monoisotopic (exact) mass is 455 g/mol. The van der Waals surface area contributed by atoms with Crippen molar-refractivity contribution in [2.45, 2.75) is 13.5 Å². The van der Waals surface area contributed by atoms with Crippen molar-refractivity contribution in [1.82, 2.24) is 10.3 Å². The second-order valence-electron chi connectivity index (χ2n) is 6.56. The molecule has 0 saturated heterocycles. The molecule has 0 radical (unpaired) electrons. The third-order valence-electron chi connectivity index (χ3n) is 4.16. The maximum absolute atomic E-state index is 12.1. The molecule has 1 heterocycles. The molecule has 0 fully saturated rings. The number of amides is 1. The summed E-state index contributed by atoms with van der Waals surface area (Å²) in [4.78, 5) is 28.2. The van der Waals surface area contributed by atoms with E-state index in [1.807, 2.05) is 49.4 Å². The highest BCUT2D eigenvalue weighted by Gasteiger charge is 2.14. The van der Waals surface area contributed by atoms with Crippen molar-refractivity contribution >= 4 is 28.3 Å². The molecule has 0 unspecified atom stereocenters. The lowest BCUT2D eigenvalue weighted by atomic mass is 10.2. The van der Waals surface area contributed by atoms with Crippen molar-refractivity contribution in [3.8, 4) is 11.5 Å². The molecule has 2 N–H and O–H groups in total. The lowest BCUT2D eigenvalue weighted by Crippen LogP contribution is -2.32. The number of nitrogens with zero attached hydrogens (tertiary/aromatic N) is 1. The van der Waals surface area contributed by atoms with Crippen molar-refractivity contribution in [3.63, 3.8) is 0 Å². The predicted octanol–water partition coefficient (Wildman–Crippen LogP) is 3.51. The Hall–Kier alpha value is -3.59. The van der Waals surface area contributed by atoms with E-state index in [9.17, 15) is 9.59 Å². The molecule has 9 heteroatoms. The molecule has 0 aliphatic heterocycles. The molecule has 0 atom stereocenters. The van der Waals surface area contributed by atoms with Gasteiger partial charge in [0.15, 0.2) is 17.4 Å². The van der Waals surface area contributed by atoms with Crippen LogP contribution in [0.4, 0.5) is 5.13 Å². The molecule has 0 spiro atoms. The highest BCUT2D eigenvalue weighted by molar-refractivity contribution is 7.13. The van der Waals surface area contributed by atoms with Crippen LogP contribution in [-0.2, 0) is 16.1 Å². The van der Waals surface area contributed by atoms with Crippen molar-refractivity contribution in [2.24, 2.45) is 0 Å². The van der Waals surface area contributed by atoms with Crippen molar-refractivity contribution in [1.29, 1.82) is 0 Å². The summed E-state index contributed by atoms with van der Waals surface area (Å²) in [6.07, 6.45) is 0. The number of aromatic nitrogens is 1. The first-order chi connectivity index (χ1) is 15.6. The summed E-state index contributed by atoms with van der Waals surface area (Å²) in [6.45, 7) is 3.31. The Morgan fingerprint density at radius 2 is 1.72 bits per heavy atom. The molecule has 8 nitrogen and oxygen atoms in total. The molecule has 3 aromatic rings. The van der Waals surface area contributed by atoms with Crippen LogP contribution in [0.25, 0.3) is 0 Å². The third-order valence-corrected chi connectivity index (χ3v) is 4.96. The van der Waals surface area contributed by atoms with Crippen LogP contribution in [-0.4, -0.2) is 43.2 Å². The number of carbonyl (C=O) groups is 2. The van der Waals surface area contributed by atoms with E-state index in [0.29, 0.717) is 24.0 Å². The Labute approximate surface area is 190 Å². The van der Waals surface area contributed by atoms with Crippen molar-refractivity contribution in [3.05, 3.63) is 71.2 Å². The minimum absolute atomic E-state index is 0.164. The van der Waals surface area contributed by atoms with Gasteiger partial charge in [-0.25, -0.2) is 9.78 Å². The Morgan fingerprint density at radius 1 is 1.00 bits per heavy atom. The van der Waals surface area contributed by atoms with Gasteiger partial charge in [-0.1, -0.05) is 30.3 Å². The first-order valence-electron chi connectivity index (χ1n) is 10.2. The molecule has 0 saturated carbocycles. The van der Waals surface area contributed by atoms with Crippen LogP contribution in [0, 0.1) is 0 Å². The fourth-order valence-electron chi connectivity index (χ4n) is 2.64. The summed E-state index contributed by atoms with van der Waals surface area (Å²) in [5, 5.41) is 8.00. The number of anilines is 1. The van der Waals surface area contributed by atoms with Gasteiger partial charge in [0, 0.05) is 11.9 Å².